The fraction of sp³-hybridized carbons (Fsp3) is 0.0625. The number of benzene rings is 1. The smallest absolute Gasteiger partial charge is 0.310 e. The normalized spacial score (nSPS) is 10.5. The van der Waals surface area contributed by atoms with Gasteiger partial charge >= 0.3 is 5.00 Å². The first kappa shape index (κ1) is 17.4. The van der Waals surface area contributed by atoms with Gasteiger partial charge < -0.3 is 4.57 Å². The van der Waals surface area contributed by atoms with Crippen LogP contribution in [-0.2, 0) is 6.54 Å². The van der Waals surface area contributed by atoms with Gasteiger partial charge in [-0.15, -0.1) is 0 Å². The van der Waals surface area contributed by atoms with Crippen molar-refractivity contribution < 1.29 is 14.1 Å². The molecule has 1 N–H and O–H groups in total. The Hall–Kier alpha value is -3.40. The van der Waals surface area contributed by atoms with Crippen LogP contribution in [0.5, 0.6) is 0 Å². The van der Waals surface area contributed by atoms with Crippen LogP contribution >= 0.6 is 11.3 Å². The Morgan fingerprint density at radius 1 is 1.31 bits per heavy atom. The third kappa shape index (κ3) is 3.81. The Kier molecular flexibility index (Phi) is 4.85. The van der Waals surface area contributed by atoms with Gasteiger partial charge in [0, 0.05) is 17.8 Å². The lowest BCUT2D eigenvalue weighted by molar-refractivity contribution is -0.380. The van der Waals surface area contributed by atoms with Crippen molar-refractivity contribution in [2.24, 2.45) is 0 Å². The van der Waals surface area contributed by atoms with Crippen molar-refractivity contribution in [1.82, 2.24) is 9.55 Å². The van der Waals surface area contributed by atoms with Gasteiger partial charge in [-0.25, -0.2) is 9.37 Å². The molecule has 2 heterocycles. The van der Waals surface area contributed by atoms with Crippen molar-refractivity contribution in [3.8, 4) is 0 Å². The second-order valence-corrected chi connectivity index (χ2v) is 6.20. The number of rotatable bonds is 5. The van der Waals surface area contributed by atoms with Gasteiger partial charge in [0.2, 0.25) is 0 Å². The Labute approximate surface area is 149 Å². The zero-order chi connectivity index (χ0) is 18.7. The molecule has 0 fully saturated rings. The summed E-state index contributed by atoms with van der Waals surface area (Å²) >= 11 is 0.716. The lowest BCUT2D eigenvalue weighted by atomic mass is 10.2. The molecule has 0 saturated heterocycles. The summed E-state index contributed by atoms with van der Waals surface area (Å²) in [7, 11) is 0. The van der Waals surface area contributed by atoms with E-state index in [1.165, 1.54) is 29.0 Å². The van der Waals surface area contributed by atoms with Crippen LogP contribution in [0.25, 0.3) is 0 Å². The van der Waals surface area contributed by atoms with Crippen LogP contribution in [-0.4, -0.2) is 20.4 Å². The SMILES string of the molecule is O=C(Nc1ncc([N+](=O)[O-])s1)c1ccc(=O)n(Cc2ccccc2F)c1. The van der Waals surface area contributed by atoms with Gasteiger partial charge in [-0.3, -0.25) is 25.0 Å². The van der Waals surface area contributed by atoms with Gasteiger partial charge in [-0.1, -0.05) is 18.2 Å². The number of anilines is 1. The number of nitrogens with one attached hydrogen (secondary N) is 1. The molecular formula is C16H11FN4O4S. The van der Waals surface area contributed by atoms with Crippen LogP contribution in [0.1, 0.15) is 15.9 Å². The minimum atomic E-state index is -0.609. The summed E-state index contributed by atoms with van der Waals surface area (Å²) in [6, 6.07) is 8.53. The molecular weight excluding hydrogens is 363 g/mol. The van der Waals surface area contributed by atoms with Crippen LogP contribution in [0.15, 0.2) is 53.6 Å². The largest absolute Gasteiger partial charge is 0.345 e. The van der Waals surface area contributed by atoms with E-state index in [1.54, 1.807) is 18.2 Å². The number of pyridine rings is 1. The standard InChI is InChI=1S/C16H11FN4O4S/c17-12-4-2-1-3-10(12)8-20-9-11(5-6-13(20)22)15(23)19-16-18-7-14(26-16)21(24)25/h1-7,9H,8H2,(H,18,19,23). The zero-order valence-electron chi connectivity index (χ0n) is 13.1. The number of carbonyl (C=O) groups is 1. The van der Waals surface area contributed by atoms with Gasteiger partial charge in [0.1, 0.15) is 12.0 Å². The first-order valence-electron chi connectivity index (χ1n) is 7.29. The minimum Gasteiger partial charge on any atom is -0.310 e. The molecule has 0 unspecified atom stereocenters. The van der Waals surface area contributed by atoms with E-state index in [1.807, 2.05) is 0 Å². The second-order valence-electron chi connectivity index (χ2n) is 5.19. The summed E-state index contributed by atoms with van der Waals surface area (Å²) in [5, 5.41) is 12.9. The zero-order valence-corrected chi connectivity index (χ0v) is 13.9. The van der Waals surface area contributed by atoms with Crippen molar-refractivity contribution in [1.29, 1.82) is 0 Å². The molecule has 1 aromatic carbocycles. The van der Waals surface area contributed by atoms with Gasteiger partial charge in [0.25, 0.3) is 11.5 Å². The Bertz CT molecular complexity index is 1050. The second kappa shape index (κ2) is 7.23. The van der Waals surface area contributed by atoms with Gasteiger partial charge in [-0.2, -0.15) is 0 Å². The van der Waals surface area contributed by atoms with Crippen LogP contribution in [0, 0.1) is 15.9 Å². The van der Waals surface area contributed by atoms with Crippen molar-refractivity contribution in [3.05, 3.63) is 86.2 Å². The van der Waals surface area contributed by atoms with E-state index in [0.29, 0.717) is 16.9 Å². The average molecular weight is 374 g/mol. The third-order valence-electron chi connectivity index (χ3n) is 3.44. The van der Waals surface area contributed by atoms with E-state index in [9.17, 15) is 24.1 Å². The number of carbonyl (C=O) groups excluding carboxylic acids is 1. The lowest BCUT2D eigenvalue weighted by Gasteiger charge is -2.09. The molecule has 8 nitrogen and oxygen atoms in total. The summed E-state index contributed by atoms with van der Waals surface area (Å²) in [5.74, 6) is -1.04. The van der Waals surface area contributed by atoms with E-state index in [2.05, 4.69) is 10.3 Å². The predicted octanol–water partition coefficient (Wildman–Crippen LogP) is 2.65. The molecule has 0 aliphatic rings. The average Bonchev–Trinajstić information content (AvgIpc) is 3.07. The molecule has 0 bridgehead atoms. The molecule has 2 aromatic heterocycles. The molecule has 0 radical (unpaired) electrons. The number of nitrogens with zero attached hydrogens (tertiary/aromatic N) is 3. The Balaban J connectivity index is 1.82. The molecule has 0 aliphatic heterocycles. The highest BCUT2D eigenvalue weighted by Crippen LogP contribution is 2.25. The van der Waals surface area contributed by atoms with Crippen molar-refractivity contribution in [2.45, 2.75) is 6.54 Å². The molecule has 1 amide bonds. The van der Waals surface area contributed by atoms with E-state index in [4.69, 9.17) is 0 Å². The van der Waals surface area contributed by atoms with Crippen LogP contribution in [0.3, 0.4) is 0 Å². The third-order valence-corrected chi connectivity index (χ3v) is 4.30. The molecule has 0 spiro atoms. The Morgan fingerprint density at radius 3 is 2.77 bits per heavy atom. The molecule has 10 heteroatoms. The van der Waals surface area contributed by atoms with E-state index < -0.39 is 22.2 Å². The number of hydrogen-bond donors (Lipinski definition) is 1. The molecule has 26 heavy (non-hydrogen) atoms. The first-order valence-corrected chi connectivity index (χ1v) is 8.11. The fourth-order valence-electron chi connectivity index (χ4n) is 2.18. The monoisotopic (exact) mass is 374 g/mol. The van der Waals surface area contributed by atoms with E-state index >= 15 is 0 Å². The maximum Gasteiger partial charge on any atom is 0.345 e. The summed E-state index contributed by atoms with van der Waals surface area (Å²) < 4.78 is 15.0. The highest BCUT2D eigenvalue weighted by molar-refractivity contribution is 7.18. The summed E-state index contributed by atoms with van der Waals surface area (Å²) in [5.41, 5.74) is 0.0520. The Morgan fingerprint density at radius 2 is 2.08 bits per heavy atom. The highest BCUT2D eigenvalue weighted by Gasteiger charge is 2.15. The summed E-state index contributed by atoms with van der Waals surface area (Å²) in [4.78, 5) is 38.0. The number of nitro groups is 1. The van der Waals surface area contributed by atoms with Crippen molar-refractivity contribution >= 4 is 27.4 Å². The highest BCUT2D eigenvalue weighted by atomic mass is 32.1. The van der Waals surface area contributed by atoms with Crippen molar-refractivity contribution in [2.75, 3.05) is 5.32 Å². The van der Waals surface area contributed by atoms with E-state index in [0.717, 1.165) is 6.20 Å². The topological polar surface area (TPSA) is 107 Å². The number of thiazole rings is 1. The number of halogens is 1. The van der Waals surface area contributed by atoms with Crippen LogP contribution in [0.4, 0.5) is 14.5 Å². The van der Waals surface area contributed by atoms with E-state index in [-0.39, 0.29) is 22.2 Å². The van der Waals surface area contributed by atoms with Crippen LogP contribution in [0.2, 0.25) is 0 Å². The summed E-state index contributed by atoms with van der Waals surface area (Å²) in [6.45, 7) is -0.0324. The van der Waals surface area contributed by atoms with Gasteiger partial charge in [0.05, 0.1) is 17.0 Å². The molecule has 0 aliphatic carbocycles. The molecule has 0 atom stereocenters. The maximum absolute atomic E-state index is 13.8. The van der Waals surface area contributed by atoms with Gasteiger partial charge in [0.15, 0.2) is 5.13 Å². The quantitative estimate of drug-likeness (QED) is 0.546. The summed E-state index contributed by atoms with van der Waals surface area (Å²) in [6.07, 6.45) is 2.34. The number of hydrogen-bond acceptors (Lipinski definition) is 6. The molecule has 132 valence electrons. The number of aromatic nitrogens is 2. The first-order chi connectivity index (χ1) is 12.4. The lowest BCUT2D eigenvalue weighted by Crippen LogP contribution is -2.23. The molecule has 0 saturated carbocycles. The number of amides is 1. The van der Waals surface area contributed by atoms with Crippen LogP contribution < -0.4 is 10.9 Å². The molecule has 3 rings (SSSR count). The maximum atomic E-state index is 13.8. The van der Waals surface area contributed by atoms with Gasteiger partial charge in [-0.05, 0) is 23.5 Å². The predicted molar refractivity (Wildman–Crippen MR) is 92.9 cm³/mol. The fourth-order valence-corrected chi connectivity index (χ4v) is 2.80. The minimum absolute atomic E-state index is 0.0324. The van der Waals surface area contributed by atoms with Crippen molar-refractivity contribution in [3.63, 3.8) is 0 Å². The molecule has 3 aromatic rings.